The number of benzene rings is 1. The lowest BCUT2D eigenvalue weighted by Crippen LogP contribution is -2.27. The number of allylic oxidation sites excluding steroid dienone is 4. The van der Waals surface area contributed by atoms with Crippen molar-refractivity contribution in [3.63, 3.8) is 0 Å². The van der Waals surface area contributed by atoms with Gasteiger partial charge < -0.3 is 10.4 Å². The molecule has 0 radical (unpaired) electrons. The highest BCUT2D eigenvalue weighted by Crippen LogP contribution is 2.63. The molecule has 3 nitrogen and oxygen atoms in total. The molecule has 3 rings (SSSR count). The van der Waals surface area contributed by atoms with Gasteiger partial charge in [-0.1, -0.05) is 19.1 Å². The summed E-state index contributed by atoms with van der Waals surface area (Å²) >= 11 is 0. The highest BCUT2D eigenvalue weighted by molar-refractivity contribution is 8.38. The average molecular weight is 442 g/mol. The molecule has 0 saturated carbocycles. The van der Waals surface area contributed by atoms with E-state index in [1.165, 1.54) is 11.6 Å². The molecule has 7 heteroatoms. The number of alkyl halides is 3. The normalized spacial score (nSPS) is 20.1. The molecule has 1 heterocycles. The first-order valence-electron chi connectivity index (χ1n) is 10.3. The lowest BCUT2D eigenvalue weighted by molar-refractivity contribution is -0.121. The van der Waals surface area contributed by atoms with E-state index in [1.54, 1.807) is 12.1 Å². The Balaban J connectivity index is 1.55. The standard InChI is InChI=1S/C23H30F3NO2S/c1-15(18-5-4-6-19(12-18)23(24,25)26)11-22(29)27-14-30(7-8-30)13-21-16(2)9-20(28)10-17(21)3/h5,9-10,12,15,28H,4,6-8,11,13-14H2,1-3H3,(H,27,29). The molecule has 1 unspecified atom stereocenters. The smallest absolute Gasteiger partial charge is 0.412 e. The zero-order chi connectivity index (χ0) is 22.1. The monoisotopic (exact) mass is 441 g/mol. The lowest BCUT2D eigenvalue weighted by atomic mass is 9.89. The van der Waals surface area contributed by atoms with Crippen molar-refractivity contribution in [3.05, 3.63) is 52.1 Å². The van der Waals surface area contributed by atoms with Crippen molar-refractivity contribution in [2.24, 2.45) is 5.92 Å². The SMILES string of the molecule is Cc1cc(O)cc(C)c1CS1(CNC(=O)CC(C)C2=CCCC(C(F)(F)F)=C2)CC1. The van der Waals surface area contributed by atoms with Crippen LogP contribution in [0.5, 0.6) is 5.75 Å². The Morgan fingerprint density at radius 2 is 1.87 bits per heavy atom. The summed E-state index contributed by atoms with van der Waals surface area (Å²) in [4.78, 5) is 12.5. The summed E-state index contributed by atoms with van der Waals surface area (Å²) in [6.45, 7) is 5.81. The molecule has 1 aromatic rings. The summed E-state index contributed by atoms with van der Waals surface area (Å²) in [6.07, 6.45) is -0.699. The van der Waals surface area contributed by atoms with Gasteiger partial charge in [0.1, 0.15) is 5.75 Å². The van der Waals surface area contributed by atoms with Crippen molar-refractivity contribution in [3.8, 4) is 5.75 Å². The van der Waals surface area contributed by atoms with Gasteiger partial charge in [0.25, 0.3) is 0 Å². The molecule has 0 spiro atoms. The number of carbonyl (C=O) groups excluding carboxylic acids is 1. The largest absolute Gasteiger partial charge is 0.508 e. The van der Waals surface area contributed by atoms with Crippen molar-refractivity contribution < 1.29 is 23.1 Å². The number of hydrogen-bond acceptors (Lipinski definition) is 2. The topological polar surface area (TPSA) is 49.3 Å². The quantitative estimate of drug-likeness (QED) is 0.538. The number of hydrogen-bond donors (Lipinski definition) is 2. The first-order chi connectivity index (χ1) is 14.0. The molecule has 1 atom stereocenters. The van der Waals surface area contributed by atoms with Crippen LogP contribution in [-0.4, -0.2) is 34.6 Å². The van der Waals surface area contributed by atoms with Crippen molar-refractivity contribution in [2.75, 3.05) is 17.4 Å². The number of halogens is 3. The summed E-state index contributed by atoms with van der Waals surface area (Å²) < 4.78 is 38.9. The van der Waals surface area contributed by atoms with Gasteiger partial charge in [-0.15, -0.1) is 0 Å². The van der Waals surface area contributed by atoms with Gasteiger partial charge in [-0.05, 0) is 78.5 Å². The molecule has 1 amide bonds. The van der Waals surface area contributed by atoms with E-state index in [1.807, 2.05) is 26.8 Å². The fourth-order valence-electron chi connectivity index (χ4n) is 3.96. The zero-order valence-electron chi connectivity index (χ0n) is 17.7. The van der Waals surface area contributed by atoms with Crippen molar-refractivity contribution in [1.82, 2.24) is 5.32 Å². The van der Waals surface area contributed by atoms with Crippen LogP contribution >= 0.6 is 10.0 Å². The number of phenolic OH excluding ortho intramolecular Hbond substituents is 1. The number of aryl methyl sites for hydroxylation is 2. The van der Waals surface area contributed by atoms with Crippen LogP contribution in [0.25, 0.3) is 0 Å². The van der Waals surface area contributed by atoms with Crippen molar-refractivity contribution >= 4 is 15.9 Å². The van der Waals surface area contributed by atoms with Gasteiger partial charge in [-0.2, -0.15) is 13.2 Å². The van der Waals surface area contributed by atoms with E-state index in [0.29, 0.717) is 17.9 Å². The Labute approximate surface area is 177 Å². The molecule has 2 N–H and O–H groups in total. The predicted molar refractivity (Wildman–Crippen MR) is 117 cm³/mol. The Morgan fingerprint density at radius 1 is 1.23 bits per heavy atom. The second-order valence-electron chi connectivity index (χ2n) is 8.60. The molecule has 1 saturated heterocycles. The number of amides is 1. The van der Waals surface area contributed by atoms with Gasteiger partial charge in [-0.3, -0.25) is 4.79 Å². The molecule has 0 aromatic heterocycles. The molecular weight excluding hydrogens is 411 g/mol. The Morgan fingerprint density at radius 3 is 2.43 bits per heavy atom. The minimum Gasteiger partial charge on any atom is -0.508 e. The third-order valence-corrected chi connectivity index (χ3v) is 9.27. The predicted octanol–water partition coefficient (Wildman–Crippen LogP) is 5.64. The highest BCUT2D eigenvalue weighted by atomic mass is 32.3. The fourth-order valence-corrected chi connectivity index (χ4v) is 7.11. The Hall–Kier alpha value is -1.89. The van der Waals surface area contributed by atoms with E-state index >= 15 is 0 Å². The van der Waals surface area contributed by atoms with E-state index in [2.05, 4.69) is 5.32 Å². The van der Waals surface area contributed by atoms with Crippen molar-refractivity contribution in [1.29, 1.82) is 0 Å². The van der Waals surface area contributed by atoms with E-state index in [4.69, 9.17) is 0 Å². The molecular formula is C23H30F3NO2S. The summed E-state index contributed by atoms with van der Waals surface area (Å²) in [5.74, 6) is 3.75. The minimum atomic E-state index is -4.30. The van der Waals surface area contributed by atoms with Gasteiger partial charge >= 0.3 is 6.18 Å². The van der Waals surface area contributed by atoms with E-state index in [9.17, 15) is 23.1 Å². The van der Waals surface area contributed by atoms with Gasteiger partial charge in [0.2, 0.25) is 5.91 Å². The second kappa shape index (κ2) is 8.69. The first kappa shape index (κ1) is 22.8. The summed E-state index contributed by atoms with van der Waals surface area (Å²) in [7, 11) is -0.915. The van der Waals surface area contributed by atoms with Gasteiger partial charge in [0.15, 0.2) is 0 Å². The number of aromatic hydroxyl groups is 1. The lowest BCUT2D eigenvalue weighted by Gasteiger charge is -2.24. The first-order valence-corrected chi connectivity index (χ1v) is 12.6. The number of rotatable bonds is 7. The van der Waals surface area contributed by atoms with Gasteiger partial charge in [0, 0.05) is 23.6 Å². The van der Waals surface area contributed by atoms with Crippen LogP contribution < -0.4 is 5.32 Å². The van der Waals surface area contributed by atoms with Crippen molar-refractivity contribution in [2.45, 2.75) is 52.0 Å². The van der Waals surface area contributed by atoms with E-state index in [0.717, 1.165) is 28.4 Å². The fraction of sp³-hybridized carbons (Fsp3) is 0.522. The van der Waals surface area contributed by atoms with E-state index < -0.39 is 21.8 Å². The molecule has 1 aliphatic carbocycles. The van der Waals surface area contributed by atoms with Gasteiger partial charge in [0.05, 0.1) is 0 Å². The third-order valence-electron chi connectivity index (χ3n) is 6.05. The van der Waals surface area contributed by atoms with E-state index in [-0.39, 0.29) is 30.4 Å². The zero-order valence-corrected chi connectivity index (χ0v) is 18.6. The number of carbonyl (C=O) groups is 1. The summed E-state index contributed by atoms with van der Waals surface area (Å²) in [5, 5.41) is 12.8. The maximum atomic E-state index is 13.0. The maximum Gasteiger partial charge on any atom is 0.412 e. The molecule has 2 aliphatic rings. The molecule has 1 fully saturated rings. The average Bonchev–Trinajstić information content (AvgIpc) is 3.42. The van der Waals surface area contributed by atoms with Crippen LogP contribution in [0.4, 0.5) is 13.2 Å². The molecule has 166 valence electrons. The van der Waals surface area contributed by atoms with Crippen LogP contribution in [0, 0.1) is 19.8 Å². The second-order valence-corrected chi connectivity index (χ2v) is 12.4. The van der Waals surface area contributed by atoms with Crippen LogP contribution in [0.2, 0.25) is 0 Å². The molecule has 30 heavy (non-hydrogen) atoms. The minimum absolute atomic E-state index is 0.00783. The highest BCUT2D eigenvalue weighted by Gasteiger charge is 2.38. The molecule has 1 aromatic carbocycles. The third kappa shape index (κ3) is 5.62. The van der Waals surface area contributed by atoms with Crippen LogP contribution in [-0.2, 0) is 10.5 Å². The summed E-state index contributed by atoms with van der Waals surface area (Å²) in [6, 6.07) is 3.55. The maximum absolute atomic E-state index is 13.0. The number of phenols is 1. The molecule has 0 bridgehead atoms. The Bertz CT molecular complexity index is 862. The van der Waals surface area contributed by atoms with Crippen LogP contribution in [0.15, 0.2) is 35.4 Å². The molecule has 1 aliphatic heterocycles. The van der Waals surface area contributed by atoms with Crippen LogP contribution in [0.1, 0.15) is 42.9 Å². The van der Waals surface area contributed by atoms with Gasteiger partial charge in [-0.25, -0.2) is 10.0 Å². The Kier molecular flexibility index (Phi) is 6.60. The summed E-state index contributed by atoms with van der Waals surface area (Å²) in [5.41, 5.74) is 3.49. The van der Waals surface area contributed by atoms with Crippen LogP contribution in [0.3, 0.4) is 0 Å². The number of nitrogens with one attached hydrogen (secondary N) is 1.